The molecule has 172 valence electrons. The number of hydrogen-bond donors (Lipinski definition) is 2. The Morgan fingerprint density at radius 2 is 1.85 bits per heavy atom. The average molecular weight is 463 g/mol. The first kappa shape index (κ1) is 10.8. The lowest BCUT2D eigenvalue weighted by Crippen LogP contribution is -2.52. The topological polar surface area (TPSA) is 91.0 Å². The van der Waals surface area contributed by atoms with Crippen molar-refractivity contribution < 1.29 is 38.3 Å². The van der Waals surface area contributed by atoms with Crippen LogP contribution in [-0.2, 0) is 33.8 Å². The van der Waals surface area contributed by atoms with Crippen LogP contribution in [0.15, 0.2) is 42.5 Å². The van der Waals surface area contributed by atoms with E-state index in [1.165, 1.54) is 18.2 Å². The molecule has 3 amide bonds. The zero-order valence-corrected chi connectivity index (χ0v) is 17.1. The van der Waals surface area contributed by atoms with Gasteiger partial charge in [-0.2, -0.15) is 0 Å². The molecule has 0 radical (unpaired) electrons. The fourth-order valence-electron chi connectivity index (χ4n) is 3.55. The molecule has 2 N–H and O–H groups in total. The van der Waals surface area contributed by atoms with Crippen LogP contribution in [0, 0.1) is 0 Å². The van der Waals surface area contributed by atoms with E-state index >= 15 is 0 Å². The average Bonchev–Trinajstić information content (AvgIpc) is 3.12. The molecule has 3 aliphatic rings. The third kappa shape index (κ3) is 4.62. The molecule has 33 heavy (non-hydrogen) atoms. The second kappa shape index (κ2) is 9.33. The van der Waals surface area contributed by atoms with Gasteiger partial charge in [0, 0.05) is 63.9 Å². The van der Waals surface area contributed by atoms with E-state index in [-0.39, 0.29) is 40.1 Å². The summed E-state index contributed by atoms with van der Waals surface area (Å²) in [5.41, 5.74) is -1.22. The van der Waals surface area contributed by atoms with E-state index in [0.717, 1.165) is 24.3 Å². The highest BCUT2D eigenvalue weighted by atomic mass is 16.5. The number of nitrogens with one attached hydrogen (secondary N) is 2. The first-order valence-electron chi connectivity index (χ1n) is 17.0. The molecule has 2 fully saturated rings. The molecule has 0 spiro atoms. The SMILES string of the molecule is [2H]C([2H])(Nc1cccc2c1C([2H])([2H])N([C@@H]1CCC(=O)NC1=O)C2=O)c1ccc(C([2H])([2H])N2C([2H])([2H])C([2H])([2H])OC([2H])([2H])C2([2H])[2H])cc1. The number of benzene rings is 2. The van der Waals surface area contributed by atoms with Crippen LogP contribution in [0.5, 0.6) is 0 Å². The summed E-state index contributed by atoms with van der Waals surface area (Å²) >= 11 is 0. The van der Waals surface area contributed by atoms with Crippen LogP contribution < -0.4 is 10.6 Å². The van der Waals surface area contributed by atoms with Gasteiger partial charge in [0.1, 0.15) is 6.04 Å². The Morgan fingerprint density at radius 1 is 1.09 bits per heavy atom. The number of morpholine rings is 1. The summed E-state index contributed by atoms with van der Waals surface area (Å²) in [5.74, 6) is -2.25. The van der Waals surface area contributed by atoms with Crippen molar-refractivity contribution in [2.24, 2.45) is 0 Å². The summed E-state index contributed by atoms with van der Waals surface area (Å²) in [6, 6.07) is 6.78. The van der Waals surface area contributed by atoms with Crippen LogP contribution in [0.2, 0.25) is 0 Å². The van der Waals surface area contributed by atoms with Gasteiger partial charge in [-0.1, -0.05) is 30.3 Å². The smallest absolute Gasteiger partial charge is 0.255 e. The van der Waals surface area contributed by atoms with Gasteiger partial charge in [0.25, 0.3) is 5.91 Å². The number of carbonyl (C=O) groups excluding carboxylic acids is 3. The molecule has 0 aromatic heterocycles. The number of amides is 3. The van der Waals surface area contributed by atoms with Crippen molar-refractivity contribution in [3.05, 3.63) is 64.7 Å². The van der Waals surface area contributed by atoms with Gasteiger partial charge in [0.15, 0.2) is 0 Å². The van der Waals surface area contributed by atoms with E-state index in [1.807, 2.05) is 0 Å². The van der Waals surface area contributed by atoms with E-state index < -0.39 is 74.9 Å². The largest absolute Gasteiger partial charge is 0.381 e. The number of hydrogen-bond acceptors (Lipinski definition) is 6. The molecule has 8 heteroatoms. The number of nitrogens with zero attached hydrogens (tertiary/aromatic N) is 2. The molecule has 5 rings (SSSR count). The van der Waals surface area contributed by atoms with Crippen LogP contribution in [0.1, 0.15) is 59.1 Å². The minimum absolute atomic E-state index is 0.115. The predicted molar refractivity (Wildman–Crippen MR) is 122 cm³/mol. The maximum atomic E-state index is 13.3. The summed E-state index contributed by atoms with van der Waals surface area (Å²) in [7, 11) is 0. The highest BCUT2D eigenvalue weighted by Gasteiger charge is 2.39. The number of ether oxygens (including phenoxy) is 1. The Labute approximate surface area is 212 Å². The Hall–Kier alpha value is -3.23. The lowest BCUT2D eigenvalue weighted by Gasteiger charge is -2.29. The van der Waals surface area contributed by atoms with E-state index in [2.05, 4.69) is 15.4 Å². The quantitative estimate of drug-likeness (QED) is 0.637. The molecule has 2 aromatic carbocycles. The highest BCUT2D eigenvalue weighted by molar-refractivity contribution is 6.06. The molecule has 8 nitrogen and oxygen atoms in total. The normalized spacial score (nSPS) is 35.9. The van der Waals surface area contributed by atoms with Crippen LogP contribution in [0.4, 0.5) is 5.69 Å². The van der Waals surface area contributed by atoms with Crippen molar-refractivity contribution in [1.82, 2.24) is 15.1 Å². The molecule has 0 aliphatic carbocycles. The van der Waals surface area contributed by atoms with Gasteiger partial charge in [0.2, 0.25) is 11.8 Å². The number of imide groups is 1. The molecule has 2 saturated heterocycles. The number of carbonyl (C=O) groups is 3. The third-order valence-corrected chi connectivity index (χ3v) is 5.15. The van der Waals surface area contributed by atoms with Gasteiger partial charge in [-0.3, -0.25) is 24.6 Å². The summed E-state index contributed by atoms with van der Waals surface area (Å²) in [5, 5.41) is 4.63. The standard InChI is InChI=1S/C25H28N4O4/c30-23-9-8-22(24(31)27-23)29-16-20-19(25(29)32)2-1-3-21(20)26-14-17-4-6-18(7-5-17)15-28-10-12-33-13-11-28/h1-7,22,26H,8-16H2,(H,27,30,31)/t22-/m1/s1/i10D2,11D2,12D2,13D2,14D2,15D2,16D2. The highest BCUT2D eigenvalue weighted by Crippen LogP contribution is 2.32. The summed E-state index contributed by atoms with van der Waals surface area (Å²) < 4.78 is 121. The monoisotopic (exact) mass is 462 g/mol. The fraction of sp³-hybridized carbons (Fsp3) is 0.400. The predicted octanol–water partition coefficient (Wildman–Crippen LogP) is 1.89. The summed E-state index contributed by atoms with van der Waals surface area (Å²) in [6.07, 6.45) is -0.231. The summed E-state index contributed by atoms with van der Waals surface area (Å²) in [4.78, 5) is 37.9. The molecule has 0 unspecified atom stereocenters. The van der Waals surface area contributed by atoms with Crippen molar-refractivity contribution in [2.45, 2.75) is 38.4 Å². The molecule has 2 aromatic rings. The van der Waals surface area contributed by atoms with Crippen molar-refractivity contribution in [3.8, 4) is 0 Å². The maximum Gasteiger partial charge on any atom is 0.255 e. The molecule has 1 atom stereocenters. The minimum Gasteiger partial charge on any atom is -0.381 e. The van der Waals surface area contributed by atoms with Gasteiger partial charge in [-0.05, 0) is 29.7 Å². The first-order valence-corrected chi connectivity index (χ1v) is 10.0. The number of fused-ring (bicyclic) bond motifs is 1. The molecule has 3 heterocycles. The zero-order chi connectivity index (χ0) is 35.3. The van der Waals surface area contributed by atoms with Crippen LogP contribution in [0.3, 0.4) is 0 Å². The Balaban J connectivity index is 1.46. The van der Waals surface area contributed by atoms with Crippen molar-refractivity contribution in [3.63, 3.8) is 0 Å². The van der Waals surface area contributed by atoms with Gasteiger partial charge in [-0.25, -0.2) is 0 Å². The van der Waals surface area contributed by atoms with Crippen LogP contribution in [-0.4, -0.2) is 59.7 Å². The van der Waals surface area contributed by atoms with E-state index in [1.54, 1.807) is 0 Å². The van der Waals surface area contributed by atoms with Gasteiger partial charge in [0.05, 0.1) is 24.1 Å². The number of piperidine rings is 1. The van der Waals surface area contributed by atoms with Gasteiger partial charge in [-0.15, -0.1) is 0 Å². The van der Waals surface area contributed by atoms with Crippen molar-refractivity contribution >= 4 is 23.4 Å². The molecular formula is C25H28N4O4. The Morgan fingerprint density at radius 3 is 2.61 bits per heavy atom. The molecule has 0 saturated carbocycles. The van der Waals surface area contributed by atoms with Crippen molar-refractivity contribution in [2.75, 3.05) is 31.4 Å². The van der Waals surface area contributed by atoms with Crippen LogP contribution in [0.25, 0.3) is 0 Å². The summed E-state index contributed by atoms with van der Waals surface area (Å²) in [6.45, 7) is -22.4. The van der Waals surface area contributed by atoms with E-state index in [9.17, 15) is 14.4 Å². The lowest BCUT2D eigenvalue weighted by molar-refractivity contribution is -0.136. The maximum absolute atomic E-state index is 13.3. The molecular weight excluding hydrogens is 420 g/mol. The van der Waals surface area contributed by atoms with E-state index in [0.29, 0.717) is 4.90 Å². The minimum atomic E-state index is -3.54. The number of anilines is 1. The third-order valence-electron chi connectivity index (χ3n) is 5.15. The van der Waals surface area contributed by atoms with Crippen LogP contribution >= 0.6 is 0 Å². The van der Waals surface area contributed by atoms with Crippen molar-refractivity contribution in [1.29, 1.82) is 0 Å². The molecule has 0 bridgehead atoms. The first-order chi connectivity index (χ1) is 21.3. The van der Waals surface area contributed by atoms with Gasteiger partial charge >= 0.3 is 0 Å². The fourth-order valence-corrected chi connectivity index (χ4v) is 3.55. The second-order valence-electron chi connectivity index (χ2n) is 7.29. The van der Waals surface area contributed by atoms with E-state index in [4.69, 9.17) is 19.2 Å². The molecule has 3 aliphatic heterocycles. The lowest BCUT2D eigenvalue weighted by atomic mass is 10.0. The number of rotatable bonds is 6. The van der Waals surface area contributed by atoms with Gasteiger partial charge < -0.3 is 15.0 Å². The zero-order valence-electron chi connectivity index (χ0n) is 31.1. The second-order valence-corrected chi connectivity index (χ2v) is 7.29. The Bertz CT molecular complexity index is 1620. The Kier molecular flexibility index (Phi) is 3.05.